The standard InChI is InChI=1S/C33H38F5N3O7/c1-31(2,3)18-9-7-8-10-21(18)39-28(44)29(45)41-13-11-33(38,12-14-41)30(46)40-22(16-24(43)48-32(4,5)6)23(42)17-47-27-25(36)19(34)15-20(35)26(27)37/h7-10,15,22H,11-14,16-17H2,1-6H3,(H,39,44)(H,40,46)/t22-/m0/s1. The Morgan fingerprint density at radius 3 is 2.02 bits per heavy atom. The average molecular weight is 684 g/mol. The number of ketones is 1. The zero-order valence-corrected chi connectivity index (χ0v) is 27.4. The van der Waals surface area contributed by atoms with Gasteiger partial charge in [-0.3, -0.25) is 24.0 Å². The van der Waals surface area contributed by atoms with Crippen LogP contribution in [-0.4, -0.2) is 71.4 Å². The van der Waals surface area contributed by atoms with Crippen LogP contribution in [0, 0.1) is 23.3 Å². The number of halogens is 5. The van der Waals surface area contributed by atoms with E-state index in [9.17, 15) is 41.5 Å². The summed E-state index contributed by atoms with van der Waals surface area (Å²) in [4.78, 5) is 65.4. The van der Waals surface area contributed by atoms with Gasteiger partial charge in [0.15, 0.2) is 28.8 Å². The first-order valence-corrected chi connectivity index (χ1v) is 15.0. The van der Waals surface area contributed by atoms with E-state index < -0.39 is 102 Å². The largest absolute Gasteiger partial charge is 0.479 e. The van der Waals surface area contributed by atoms with Crippen molar-refractivity contribution < 1.29 is 55.4 Å². The van der Waals surface area contributed by atoms with Crippen molar-refractivity contribution in [1.82, 2.24) is 10.2 Å². The van der Waals surface area contributed by atoms with Crippen LogP contribution in [0.3, 0.4) is 0 Å². The number of Topliss-reactive ketones (excluding diaryl/α,β-unsaturated/α-hetero) is 1. The van der Waals surface area contributed by atoms with E-state index in [0.29, 0.717) is 5.69 Å². The molecule has 1 aliphatic rings. The van der Waals surface area contributed by atoms with Gasteiger partial charge in [-0.1, -0.05) is 39.0 Å². The lowest BCUT2D eigenvalue weighted by Gasteiger charge is -2.35. The van der Waals surface area contributed by atoms with E-state index in [4.69, 9.17) is 4.74 Å². The number of nitrogens with one attached hydrogen (secondary N) is 2. The van der Waals surface area contributed by atoms with E-state index in [0.717, 1.165) is 10.5 Å². The third-order valence-corrected chi connectivity index (χ3v) is 7.34. The third-order valence-electron chi connectivity index (χ3n) is 7.34. The number of rotatable bonds is 9. The van der Waals surface area contributed by atoms with Crippen molar-refractivity contribution in [3.63, 3.8) is 0 Å². The molecule has 0 saturated carbocycles. The first-order chi connectivity index (χ1) is 22.1. The van der Waals surface area contributed by atoms with Crippen molar-refractivity contribution in [2.45, 2.75) is 83.5 Å². The molecular weight excluding hydrogens is 645 g/mol. The molecule has 2 N–H and O–H groups in total. The smallest absolute Gasteiger partial charge is 0.313 e. The molecule has 1 aliphatic heterocycles. The second-order valence-corrected chi connectivity index (χ2v) is 13.4. The van der Waals surface area contributed by atoms with Crippen LogP contribution in [0.1, 0.15) is 66.4 Å². The maximum atomic E-state index is 15.9. The minimum absolute atomic E-state index is 0.0665. The Kier molecular flexibility index (Phi) is 11.6. The number of benzene rings is 2. The molecule has 3 rings (SSSR count). The van der Waals surface area contributed by atoms with Gasteiger partial charge in [0.2, 0.25) is 11.6 Å². The summed E-state index contributed by atoms with van der Waals surface area (Å²) in [6.07, 6.45) is -2.02. The maximum Gasteiger partial charge on any atom is 0.313 e. The summed E-state index contributed by atoms with van der Waals surface area (Å²) in [7, 11) is 0. The highest BCUT2D eigenvalue weighted by atomic mass is 19.2. The van der Waals surface area contributed by atoms with Crippen molar-refractivity contribution in [3.05, 3.63) is 59.2 Å². The summed E-state index contributed by atoms with van der Waals surface area (Å²) in [5.74, 6) is -14.5. The number of amides is 3. The molecule has 2 aromatic carbocycles. The van der Waals surface area contributed by atoms with Crippen molar-refractivity contribution in [2.75, 3.05) is 25.0 Å². The zero-order valence-electron chi connectivity index (χ0n) is 27.4. The molecule has 0 spiro atoms. The number of carbonyl (C=O) groups is 5. The van der Waals surface area contributed by atoms with Gasteiger partial charge in [-0.15, -0.1) is 0 Å². The molecule has 1 atom stereocenters. The van der Waals surface area contributed by atoms with Crippen LogP contribution in [0.5, 0.6) is 5.75 Å². The predicted molar refractivity (Wildman–Crippen MR) is 163 cm³/mol. The quantitative estimate of drug-likeness (QED) is 0.170. The topological polar surface area (TPSA) is 131 Å². The molecule has 15 heteroatoms. The summed E-state index contributed by atoms with van der Waals surface area (Å²) in [6.45, 7) is 8.36. The zero-order chi connectivity index (χ0) is 36.2. The van der Waals surface area contributed by atoms with Crippen LogP contribution in [-0.2, 0) is 34.1 Å². The van der Waals surface area contributed by atoms with Crippen LogP contribution >= 0.6 is 0 Å². The van der Waals surface area contributed by atoms with Crippen LogP contribution in [0.2, 0.25) is 0 Å². The second-order valence-electron chi connectivity index (χ2n) is 13.4. The van der Waals surface area contributed by atoms with Gasteiger partial charge >= 0.3 is 17.8 Å². The number of esters is 1. The molecule has 0 radical (unpaired) electrons. The Bertz CT molecular complexity index is 1550. The number of likely N-dealkylation sites (tertiary alicyclic amines) is 1. The number of anilines is 1. The molecule has 2 aromatic rings. The second kappa shape index (κ2) is 14.7. The fraction of sp³-hybridized carbons (Fsp3) is 0.485. The molecule has 3 amide bonds. The number of alkyl halides is 1. The van der Waals surface area contributed by atoms with Gasteiger partial charge in [0.05, 0.1) is 6.42 Å². The molecule has 0 unspecified atom stereocenters. The van der Waals surface area contributed by atoms with E-state index in [2.05, 4.69) is 15.4 Å². The van der Waals surface area contributed by atoms with Gasteiger partial charge < -0.3 is 25.0 Å². The SMILES string of the molecule is CC(C)(C)OC(=O)C[C@H](NC(=O)C1(F)CCN(C(=O)C(=O)Nc2ccccc2C(C)(C)C)CC1)C(=O)COc1c(F)c(F)cc(F)c1F. The highest BCUT2D eigenvalue weighted by molar-refractivity contribution is 6.39. The fourth-order valence-corrected chi connectivity index (χ4v) is 4.86. The highest BCUT2D eigenvalue weighted by Gasteiger charge is 2.45. The van der Waals surface area contributed by atoms with Crippen LogP contribution in [0.25, 0.3) is 0 Å². The van der Waals surface area contributed by atoms with Gasteiger partial charge in [0, 0.05) is 37.7 Å². The molecule has 0 aromatic heterocycles. The number of para-hydroxylation sites is 1. The fourth-order valence-electron chi connectivity index (χ4n) is 4.86. The van der Waals surface area contributed by atoms with E-state index >= 15 is 4.39 Å². The molecular formula is C33H38F5N3O7. The number of carbonyl (C=O) groups excluding carboxylic acids is 5. The van der Waals surface area contributed by atoms with E-state index in [1.165, 1.54) is 20.8 Å². The minimum Gasteiger partial charge on any atom is -0.479 e. The monoisotopic (exact) mass is 683 g/mol. The summed E-state index contributed by atoms with van der Waals surface area (Å²) >= 11 is 0. The van der Waals surface area contributed by atoms with E-state index in [-0.39, 0.29) is 24.6 Å². The molecule has 48 heavy (non-hydrogen) atoms. The number of hydrogen-bond donors (Lipinski definition) is 2. The van der Waals surface area contributed by atoms with Crippen LogP contribution in [0.4, 0.5) is 27.6 Å². The summed E-state index contributed by atoms with van der Waals surface area (Å²) in [5.41, 5.74) is -2.83. The number of piperidine rings is 1. The predicted octanol–water partition coefficient (Wildman–Crippen LogP) is 4.67. The van der Waals surface area contributed by atoms with Gasteiger partial charge in [-0.05, 0) is 37.8 Å². The lowest BCUT2D eigenvalue weighted by molar-refractivity contribution is -0.157. The first kappa shape index (κ1) is 37.9. The Morgan fingerprint density at radius 2 is 1.48 bits per heavy atom. The van der Waals surface area contributed by atoms with E-state index in [1.807, 2.05) is 26.8 Å². The van der Waals surface area contributed by atoms with Gasteiger partial charge in [0.1, 0.15) is 18.2 Å². The summed E-state index contributed by atoms with van der Waals surface area (Å²) < 4.78 is 81.0. The van der Waals surface area contributed by atoms with Gasteiger partial charge in [-0.2, -0.15) is 8.78 Å². The molecule has 262 valence electrons. The van der Waals surface area contributed by atoms with Crippen molar-refractivity contribution in [1.29, 1.82) is 0 Å². The van der Waals surface area contributed by atoms with Crippen molar-refractivity contribution >= 4 is 35.2 Å². The molecule has 0 aliphatic carbocycles. The Morgan fingerprint density at radius 1 is 0.917 bits per heavy atom. The highest BCUT2D eigenvalue weighted by Crippen LogP contribution is 2.31. The van der Waals surface area contributed by atoms with Crippen LogP contribution in [0.15, 0.2) is 30.3 Å². The minimum atomic E-state index is -2.66. The molecule has 0 bridgehead atoms. The van der Waals surface area contributed by atoms with Gasteiger partial charge in [-0.25, -0.2) is 13.2 Å². The lowest BCUT2D eigenvalue weighted by atomic mass is 9.86. The van der Waals surface area contributed by atoms with E-state index in [1.54, 1.807) is 18.2 Å². The number of nitrogens with zero attached hydrogens (tertiary/aromatic N) is 1. The number of ether oxygens (including phenoxy) is 2. The number of hydrogen-bond acceptors (Lipinski definition) is 7. The summed E-state index contributed by atoms with van der Waals surface area (Å²) in [6, 6.07) is 5.01. The van der Waals surface area contributed by atoms with Crippen molar-refractivity contribution in [3.8, 4) is 5.75 Å². The molecule has 10 nitrogen and oxygen atoms in total. The Balaban J connectivity index is 1.70. The van der Waals surface area contributed by atoms with Gasteiger partial charge in [0.25, 0.3) is 5.91 Å². The lowest BCUT2D eigenvalue weighted by Crippen LogP contribution is -2.57. The van der Waals surface area contributed by atoms with Crippen molar-refractivity contribution in [2.24, 2.45) is 0 Å². The molecule has 1 fully saturated rings. The first-order valence-electron chi connectivity index (χ1n) is 15.0. The Labute approximate surface area is 274 Å². The maximum absolute atomic E-state index is 15.9. The average Bonchev–Trinajstić information content (AvgIpc) is 2.98. The Hall–Kier alpha value is -4.56. The summed E-state index contributed by atoms with van der Waals surface area (Å²) in [5, 5.41) is 4.67. The molecule has 1 saturated heterocycles. The normalized spacial score (nSPS) is 15.3. The third kappa shape index (κ3) is 9.50. The van der Waals surface area contributed by atoms with Crippen LogP contribution < -0.4 is 15.4 Å². The molecule has 1 heterocycles.